The van der Waals surface area contributed by atoms with Crippen molar-refractivity contribution in [2.45, 2.75) is 180 Å². The Balaban J connectivity index is 1.16. The summed E-state index contributed by atoms with van der Waals surface area (Å²) in [5, 5.41) is 6.81. The van der Waals surface area contributed by atoms with Gasteiger partial charge in [-0.15, -0.1) is 0 Å². The molecule has 0 spiro atoms. The molecule has 1 N–H and O–H groups in total. The van der Waals surface area contributed by atoms with Crippen molar-refractivity contribution in [3.05, 3.63) is 159 Å². The molecule has 0 saturated heterocycles. The van der Waals surface area contributed by atoms with E-state index < -0.39 is 0 Å². The molecule has 0 aromatic heterocycles. The van der Waals surface area contributed by atoms with Gasteiger partial charge in [-0.3, -0.25) is 0 Å². The highest BCUT2D eigenvalue weighted by Gasteiger charge is 2.44. The molecule has 1 heterocycles. The van der Waals surface area contributed by atoms with Crippen LogP contribution < -0.4 is 21.1 Å². The molecule has 4 aliphatic carbocycles. The summed E-state index contributed by atoms with van der Waals surface area (Å²) >= 11 is 0. The number of aryl methyl sites for hydroxylation is 1. The van der Waals surface area contributed by atoms with E-state index in [4.69, 9.17) is 0 Å². The first-order valence-corrected chi connectivity index (χ1v) is 27.2. The Morgan fingerprint density at radius 3 is 1.63 bits per heavy atom. The predicted molar refractivity (Wildman–Crippen MR) is 308 cm³/mol. The molecule has 0 fully saturated rings. The maximum Gasteiger partial charge on any atom is 0.198 e. The van der Waals surface area contributed by atoms with Gasteiger partial charge < -0.3 is 10.2 Å². The number of fused-ring (bicyclic) bond motifs is 10. The Kier molecular flexibility index (Phi) is 9.85. The Morgan fingerprint density at radius 2 is 0.972 bits per heavy atom. The third kappa shape index (κ3) is 6.93. The van der Waals surface area contributed by atoms with E-state index in [0.29, 0.717) is 0 Å². The number of benzene rings is 7. The highest BCUT2D eigenvalue weighted by molar-refractivity contribution is 6.74. The first-order valence-electron chi connectivity index (χ1n) is 27.2. The van der Waals surface area contributed by atoms with E-state index in [-0.39, 0.29) is 37.9 Å². The van der Waals surface area contributed by atoms with Crippen molar-refractivity contribution < 1.29 is 0 Å². The number of anilines is 5. The summed E-state index contributed by atoms with van der Waals surface area (Å²) in [6, 6.07) is 44.0. The molecule has 2 nitrogen and oxygen atoms in total. The molecule has 7 aromatic carbocycles. The Hall–Kier alpha value is -5.54. The number of hydrogen-bond acceptors (Lipinski definition) is 2. The minimum absolute atomic E-state index is 0.0388. The average molecular weight is 933 g/mol. The van der Waals surface area contributed by atoms with Crippen LogP contribution in [0.25, 0.3) is 33.0 Å². The summed E-state index contributed by atoms with van der Waals surface area (Å²) in [6.07, 6.45) is 7.11. The molecule has 71 heavy (non-hydrogen) atoms. The second kappa shape index (κ2) is 15.0. The maximum absolute atomic E-state index is 4.22. The number of nitrogens with one attached hydrogen (secondary N) is 1. The Bertz CT molecular complexity index is 3420. The van der Waals surface area contributed by atoms with E-state index in [2.05, 4.69) is 223 Å². The van der Waals surface area contributed by atoms with Gasteiger partial charge in [0.15, 0.2) is 7.28 Å². The molecule has 5 aliphatic rings. The van der Waals surface area contributed by atoms with Gasteiger partial charge in [-0.25, -0.2) is 0 Å². The van der Waals surface area contributed by atoms with Crippen LogP contribution in [0.15, 0.2) is 109 Å². The fourth-order valence-corrected chi connectivity index (χ4v) is 14.5. The van der Waals surface area contributed by atoms with Crippen LogP contribution in [0.5, 0.6) is 0 Å². The lowest BCUT2D eigenvalue weighted by atomic mass is 9.56. The summed E-state index contributed by atoms with van der Waals surface area (Å²) in [7, 11) is 0.844. The monoisotopic (exact) mass is 933 g/mol. The zero-order valence-corrected chi connectivity index (χ0v) is 45.8. The van der Waals surface area contributed by atoms with Crippen molar-refractivity contribution in [3.63, 3.8) is 0 Å². The summed E-state index contributed by atoms with van der Waals surface area (Å²) in [5.74, 6) is 0. The van der Waals surface area contributed by atoms with Gasteiger partial charge in [-0.1, -0.05) is 169 Å². The van der Waals surface area contributed by atoms with Crippen molar-refractivity contribution in [1.82, 2.24) is 0 Å². The minimum atomic E-state index is -0.109. The second-order valence-corrected chi connectivity index (χ2v) is 27.5. The molecule has 0 atom stereocenters. The SMILES string of the molecule is Cc1cc2c(cc1N1c3cc4c(cc3Bc3c(-c5cc6c(cc5Nc5ccc7c(c5)C(C)(C)CCC7(C)C)C(C)(C)CCC6(C)C)cc5ccccc5c31)C(C)(C)c1ccccc1-4)C(C)(C)CCC2(C)C. The van der Waals surface area contributed by atoms with Crippen molar-refractivity contribution in [2.24, 2.45) is 0 Å². The van der Waals surface area contributed by atoms with Gasteiger partial charge in [0.05, 0.1) is 0 Å². The quantitative estimate of drug-likeness (QED) is 0.177. The molecule has 0 bridgehead atoms. The smallest absolute Gasteiger partial charge is 0.198 e. The van der Waals surface area contributed by atoms with Crippen LogP contribution in [0.2, 0.25) is 0 Å². The molecule has 1 aliphatic heterocycles. The van der Waals surface area contributed by atoms with E-state index in [9.17, 15) is 0 Å². The highest BCUT2D eigenvalue weighted by Crippen LogP contribution is 2.56. The lowest BCUT2D eigenvalue weighted by molar-refractivity contribution is 0.332. The fraction of sp³-hybridized carbons (Fsp3) is 0.412. The zero-order chi connectivity index (χ0) is 50.2. The van der Waals surface area contributed by atoms with E-state index in [0.717, 1.165) is 7.28 Å². The van der Waals surface area contributed by atoms with Gasteiger partial charge in [0.2, 0.25) is 0 Å². The average Bonchev–Trinajstić information content (AvgIpc) is 3.54. The Morgan fingerprint density at radius 1 is 0.423 bits per heavy atom. The molecule has 362 valence electrons. The fourth-order valence-electron chi connectivity index (χ4n) is 14.5. The molecule has 7 aromatic rings. The standard InChI is InChI=1S/C68H77BN2/c1-40-32-51-55(67(12,13)31-28-63(51,4)5)39-58(40)71-59-36-45-44-22-18-19-23-48(44)68(14,15)50(45)37-56(59)69-60-47(33-41-20-16-17-21-43(41)61(60)71)46-35-53-54(66(10,11)30-29-65(53,8)9)38-57(46)70-42-24-25-49-52(34-42)64(6,7)27-26-62(49,2)3/h16-25,32-39,69-70H,26-31H2,1-15H3. The lowest BCUT2D eigenvalue weighted by Crippen LogP contribution is -2.42. The molecule has 0 saturated carbocycles. The normalized spacial score (nSPS) is 20.6. The summed E-state index contributed by atoms with van der Waals surface area (Å²) in [4.78, 5) is 2.74. The minimum Gasteiger partial charge on any atom is -0.355 e. The maximum atomic E-state index is 4.22. The molecular weight excluding hydrogens is 856 g/mol. The van der Waals surface area contributed by atoms with Gasteiger partial charge in [-0.2, -0.15) is 0 Å². The Labute approximate surface area is 427 Å². The number of rotatable bonds is 4. The van der Waals surface area contributed by atoms with E-state index in [1.807, 2.05) is 0 Å². The topological polar surface area (TPSA) is 15.3 Å². The molecular formula is C68H77BN2. The van der Waals surface area contributed by atoms with Gasteiger partial charge >= 0.3 is 0 Å². The van der Waals surface area contributed by atoms with Crippen LogP contribution in [0, 0.1) is 6.92 Å². The zero-order valence-electron chi connectivity index (χ0n) is 45.8. The van der Waals surface area contributed by atoms with Crippen LogP contribution in [-0.2, 0) is 37.9 Å². The largest absolute Gasteiger partial charge is 0.355 e. The summed E-state index contributed by atoms with van der Waals surface area (Å²) in [5.41, 5.74) is 28.1. The molecule has 12 rings (SSSR count). The first-order chi connectivity index (χ1) is 33.3. The van der Waals surface area contributed by atoms with Crippen LogP contribution in [0.1, 0.15) is 186 Å². The molecule has 3 heteroatoms. The van der Waals surface area contributed by atoms with Crippen molar-refractivity contribution in [2.75, 3.05) is 10.2 Å². The van der Waals surface area contributed by atoms with E-state index in [1.165, 1.54) is 161 Å². The highest BCUT2D eigenvalue weighted by atomic mass is 15.2. The third-order valence-corrected chi connectivity index (χ3v) is 19.6. The van der Waals surface area contributed by atoms with Crippen molar-refractivity contribution >= 4 is 57.4 Å². The van der Waals surface area contributed by atoms with Gasteiger partial charge in [0.25, 0.3) is 0 Å². The van der Waals surface area contributed by atoms with E-state index >= 15 is 0 Å². The third-order valence-electron chi connectivity index (χ3n) is 19.6. The van der Waals surface area contributed by atoms with Crippen LogP contribution in [0.4, 0.5) is 28.4 Å². The van der Waals surface area contributed by atoms with Crippen molar-refractivity contribution in [1.29, 1.82) is 0 Å². The molecule has 0 unspecified atom stereocenters. The summed E-state index contributed by atoms with van der Waals surface area (Å²) in [6.45, 7) is 36.8. The van der Waals surface area contributed by atoms with Crippen LogP contribution in [-0.4, -0.2) is 7.28 Å². The molecule has 0 radical (unpaired) electrons. The van der Waals surface area contributed by atoms with Gasteiger partial charge in [0, 0.05) is 44.8 Å². The summed E-state index contributed by atoms with van der Waals surface area (Å²) < 4.78 is 0. The number of hydrogen-bond donors (Lipinski definition) is 1. The predicted octanol–water partition coefficient (Wildman–Crippen LogP) is 17.1. The second-order valence-electron chi connectivity index (χ2n) is 27.5. The number of nitrogens with zero attached hydrogens (tertiary/aromatic N) is 1. The van der Waals surface area contributed by atoms with Gasteiger partial charge in [-0.05, 0) is 198 Å². The lowest BCUT2D eigenvalue weighted by Gasteiger charge is -2.44. The van der Waals surface area contributed by atoms with Crippen molar-refractivity contribution in [3.8, 4) is 22.3 Å². The van der Waals surface area contributed by atoms with Gasteiger partial charge in [0.1, 0.15) is 0 Å². The first kappa shape index (κ1) is 46.5. The van der Waals surface area contributed by atoms with Crippen LogP contribution in [0.3, 0.4) is 0 Å². The van der Waals surface area contributed by atoms with E-state index in [1.54, 1.807) is 0 Å². The van der Waals surface area contributed by atoms with Crippen LogP contribution >= 0.6 is 0 Å². The molecule has 0 amide bonds.